The zero-order valence-electron chi connectivity index (χ0n) is 11.0. The molecule has 2 aromatic heterocycles. The summed E-state index contributed by atoms with van der Waals surface area (Å²) in [5, 5.41) is 1.57. The zero-order valence-corrected chi connectivity index (χ0v) is 12.6. The Morgan fingerprint density at radius 1 is 1.55 bits per heavy atom. The van der Waals surface area contributed by atoms with Crippen LogP contribution < -0.4 is 16.2 Å². The molecule has 0 aliphatic carbocycles. The van der Waals surface area contributed by atoms with E-state index in [9.17, 15) is 13.2 Å². The highest BCUT2D eigenvalue weighted by Gasteiger charge is 2.32. The minimum atomic E-state index is -3.92. The van der Waals surface area contributed by atoms with Gasteiger partial charge in [-0.05, 0) is 13.8 Å². The molecule has 0 saturated carbocycles. The van der Waals surface area contributed by atoms with Crippen LogP contribution in [-0.2, 0) is 14.8 Å². The summed E-state index contributed by atoms with van der Waals surface area (Å²) in [6.45, 7) is 3.13. The summed E-state index contributed by atoms with van der Waals surface area (Å²) in [4.78, 5) is 15.4. The number of nitrogens with zero attached hydrogens (tertiary/aromatic N) is 2. The number of imidazole rings is 1. The van der Waals surface area contributed by atoms with E-state index in [1.54, 1.807) is 25.4 Å². The molecular weight excluding hydrogens is 302 g/mol. The van der Waals surface area contributed by atoms with Gasteiger partial charge in [-0.3, -0.25) is 9.20 Å². The van der Waals surface area contributed by atoms with Crippen molar-refractivity contribution in [2.75, 3.05) is 5.73 Å². The van der Waals surface area contributed by atoms with Gasteiger partial charge in [-0.2, -0.15) is 0 Å². The number of hydrogen-bond acceptors (Lipinski definition) is 6. The number of primary amides is 1. The lowest BCUT2D eigenvalue weighted by Crippen LogP contribution is -2.46. The van der Waals surface area contributed by atoms with Crippen LogP contribution in [0.5, 0.6) is 0 Å². The van der Waals surface area contributed by atoms with Crippen LogP contribution in [0.2, 0.25) is 0 Å². The number of carbonyl (C=O) groups is 1. The number of aromatic nitrogens is 2. The summed E-state index contributed by atoms with van der Waals surface area (Å²) in [7, 11) is -3.92. The lowest BCUT2D eigenvalue weighted by Gasteiger charge is -2.24. The first kappa shape index (κ1) is 14.8. The van der Waals surface area contributed by atoms with Crippen LogP contribution in [-0.4, -0.2) is 29.2 Å². The fraction of sp³-hybridized carbons (Fsp3) is 0.400. The fourth-order valence-electron chi connectivity index (χ4n) is 1.93. The zero-order chi connectivity index (χ0) is 15.1. The number of hydrogen-bond donors (Lipinski definition) is 3. The molecule has 5 N–H and O–H groups in total. The van der Waals surface area contributed by atoms with Crippen molar-refractivity contribution in [1.29, 1.82) is 0 Å². The van der Waals surface area contributed by atoms with E-state index in [-0.39, 0.29) is 17.3 Å². The second kappa shape index (κ2) is 4.72. The number of sulfonamides is 1. The van der Waals surface area contributed by atoms with Gasteiger partial charge in [-0.1, -0.05) is 0 Å². The Hall–Kier alpha value is -1.65. The summed E-state index contributed by atoms with van der Waals surface area (Å²) in [6.07, 6.45) is 1.44. The highest BCUT2D eigenvalue weighted by Crippen LogP contribution is 2.24. The van der Waals surface area contributed by atoms with E-state index in [2.05, 4.69) is 9.71 Å². The van der Waals surface area contributed by atoms with Crippen molar-refractivity contribution in [1.82, 2.24) is 14.1 Å². The molecule has 0 aliphatic heterocycles. The molecular formula is C10H15N5O3S2. The maximum absolute atomic E-state index is 12.4. The van der Waals surface area contributed by atoms with Crippen LogP contribution in [0.25, 0.3) is 4.96 Å². The fourth-order valence-corrected chi connectivity index (χ4v) is 4.34. The molecule has 0 bridgehead atoms. The van der Waals surface area contributed by atoms with Crippen molar-refractivity contribution < 1.29 is 13.2 Å². The summed E-state index contributed by atoms with van der Waals surface area (Å²) in [6, 6.07) is 0. The van der Waals surface area contributed by atoms with Gasteiger partial charge in [0, 0.05) is 23.5 Å². The molecule has 0 saturated heterocycles. The molecule has 8 nitrogen and oxygen atoms in total. The number of rotatable bonds is 5. The smallest absolute Gasteiger partial charge is 0.260 e. The summed E-state index contributed by atoms with van der Waals surface area (Å²) in [5.41, 5.74) is 9.76. The molecule has 0 spiro atoms. The van der Waals surface area contributed by atoms with Crippen molar-refractivity contribution in [3.05, 3.63) is 11.6 Å². The van der Waals surface area contributed by atoms with Crippen LogP contribution in [0.4, 0.5) is 5.82 Å². The minimum Gasteiger partial charge on any atom is -0.381 e. The van der Waals surface area contributed by atoms with Gasteiger partial charge in [0.25, 0.3) is 10.0 Å². The first-order valence-corrected chi connectivity index (χ1v) is 8.02. The van der Waals surface area contributed by atoms with Gasteiger partial charge in [-0.25, -0.2) is 18.1 Å². The Balaban J connectivity index is 2.43. The maximum atomic E-state index is 12.4. The van der Waals surface area contributed by atoms with Gasteiger partial charge >= 0.3 is 0 Å². The minimum absolute atomic E-state index is 0.0841. The van der Waals surface area contributed by atoms with Crippen molar-refractivity contribution in [3.63, 3.8) is 0 Å². The third-order valence-corrected chi connectivity index (χ3v) is 5.02. The molecule has 0 radical (unpaired) electrons. The molecule has 20 heavy (non-hydrogen) atoms. The number of nitrogen functional groups attached to an aromatic ring is 1. The first-order chi connectivity index (χ1) is 9.12. The Morgan fingerprint density at radius 2 is 2.20 bits per heavy atom. The van der Waals surface area contributed by atoms with E-state index >= 15 is 0 Å². The summed E-state index contributed by atoms with van der Waals surface area (Å²) >= 11 is 1.27. The molecule has 0 unspecified atom stereocenters. The second-order valence-electron chi connectivity index (χ2n) is 4.99. The number of nitrogens with two attached hydrogens (primary N) is 2. The Bertz CT molecular complexity index is 759. The van der Waals surface area contributed by atoms with Gasteiger partial charge in [0.15, 0.2) is 15.8 Å². The van der Waals surface area contributed by atoms with E-state index < -0.39 is 21.5 Å². The molecule has 10 heteroatoms. The van der Waals surface area contributed by atoms with Crippen molar-refractivity contribution in [3.8, 4) is 0 Å². The quantitative estimate of drug-likeness (QED) is 0.709. The average molecular weight is 317 g/mol. The first-order valence-electron chi connectivity index (χ1n) is 5.66. The lowest BCUT2D eigenvalue weighted by molar-refractivity contribution is -0.119. The molecule has 0 aromatic carbocycles. The molecule has 2 aromatic rings. The third kappa shape index (κ3) is 2.76. The van der Waals surface area contributed by atoms with Gasteiger partial charge in [0.1, 0.15) is 0 Å². The molecule has 110 valence electrons. The molecule has 2 rings (SSSR count). The van der Waals surface area contributed by atoms with Crippen molar-refractivity contribution >= 4 is 38.0 Å². The SMILES string of the molecule is CC(C)(CC(N)=O)NS(=O)(=O)c1c(N)nc2sccn12. The molecule has 1 amide bonds. The summed E-state index contributed by atoms with van der Waals surface area (Å²) < 4.78 is 28.7. The monoisotopic (exact) mass is 317 g/mol. The molecule has 0 atom stereocenters. The number of amides is 1. The van der Waals surface area contributed by atoms with Crippen LogP contribution in [0.15, 0.2) is 16.6 Å². The average Bonchev–Trinajstić information content (AvgIpc) is 2.70. The van der Waals surface area contributed by atoms with Crippen molar-refractivity contribution in [2.24, 2.45) is 5.73 Å². The second-order valence-corrected chi connectivity index (χ2v) is 7.46. The van der Waals surface area contributed by atoms with E-state index in [1.165, 1.54) is 15.7 Å². The van der Waals surface area contributed by atoms with Gasteiger partial charge in [0.05, 0.1) is 0 Å². The van der Waals surface area contributed by atoms with Crippen LogP contribution in [0, 0.1) is 0 Å². The van der Waals surface area contributed by atoms with Crippen LogP contribution in [0.3, 0.4) is 0 Å². The third-order valence-electron chi connectivity index (χ3n) is 2.52. The summed E-state index contributed by atoms with van der Waals surface area (Å²) in [5.74, 6) is -0.682. The van der Waals surface area contributed by atoms with E-state index in [1.807, 2.05) is 0 Å². The van der Waals surface area contributed by atoms with E-state index in [4.69, 9.17) is 11.5 Å². The van der Waals surface area contributed by atoms with Gasteiger partial charge in [0.2, 0.25) is 5.91 Å². The van der Waals surface area contributed by atoms with Crippen LogP contribution >= 0.6 is 11.3 Å². The van der Waals surface area contributed by atoms with Crippen LogP contribution in [0.1, 0.15) is 20.3 Å². The predicted molar refractivity (Wildman–Crippen MR) is 75.7 cm³/mol. The van der Waals surface area contributed by atoms with Gasteiger partial charge in [-0.15, -0.1) is 11.3 Å². The Morgan fingerprint density at radius 3 is 2.80 bits per heavy atom. The number of carbonyl (C=O) groups excluding carboxylic acids is 1. The normalized spacial score (nSPS) is 12.9. The standard InChI is InChI=1S/C10H15N5O3S2/c1-10(2,5-6(11)16)14-20(17,18)8-7(12)13-9-15(8)3-4-19-9/h3-4,14H,5,12H2,1-2H3,(H2,11,16). The topological polar surface area (TPSA) is 133 Å². The van der Waals surface area contributed by atoms with Crippen molar-refractivity contribution in [2.45, 2.75) is 30.8 Å². The number of thiazole rings is 1. The number of nitrogens with one attached hydrogen (secondary N) is 1. The van der Waals surface area contributed by atoms with E-state index in [0.717, 1.165) is 0 Å². The largest absolute Gasteiger partial charge is 0.381 e. The number of fused-ring (bicyclic) bond motifs is 1. The predicted octanol–water partition coefficient (Wildman–Crippen LogP) is -0.0897. The molecule has 0 aliphatic rings. The highest BCUT2D eigenvalue weighted by atomic mass is 32.2. The Labute approximate surface area is 119 Å². The Kier molecular flexibility index (Phi) is 3.48. The molecule has 2 heterocycles. The van der Waals surface area contributed by atoms with Gasteiger partial charge < -0.3 is 11.5 Å². The number of anilines is 1. The maximum Gasteiger partial charge on any atom is 0.260 e. The highest BCUT2D eigenvalue weighted by molar-refractivity contribution is 7.89. The lowest BCUT2D eigenvalue weighted by atomic mass is 10.0. The van der Waals surface area contributed by atoms with E-state index in [0.29, 0.717) is 4.96 Å². The molecule has 0 fully saturated rings.